The lowest BCUT2D eigenvalue weighted by Gasteiger charge is -2.15. The maximum absolute atomic E-state index is 11.9. The molecule has 0 spiro atoms. The van der Waals surface area contributed by atoms with Crippen LogP contribution in [-0.2, 0) is 4.79 Å². The normalized spacial score (nSPS) is 12.2. The summed E-state index contributed by atoms with van der Waals surface area (Å²) < 4.78 is 0.567. The Labute approximate surface area is 120 Å². The van der Waals surface area contributed by atoms with Gasteiger partial charge in [0.05, 0.1) is 5.92 Å². The van der Waals surface area contributed by atoms with Crippen molar-refractivity contribution in [2.24, 2.45) is 11.8 Å². The third-order valence-corrected chi connectivity index (χ3v) is 3.04. The van der Waals surface area contributed by atoms with Crippen LogP contribution in [0.4, 0.5) is 0 Å². The van der Waals surface area contributed by atoms with E-state index in [0.717, 1.165) is 0 Å². The highest BCUT2D eigenvalue weighted by Gasteiger charge is 2.20. The number of rotatable bonds is 6. The zero-order chi connectivity index (χ0) is 14.4. The smallest absolute Gasteiger partial charge is 0.308 e. The van der Waals surface area contributed by atoms with E-state index in [1.807, 2.05) is 13.8 Å². The fourth-order valence-electron chi connectivity index (χ4n) is 1.70. The van der Waals surface area contributed by atoms with E-state index >= 15 is 0 Å². The van der Waals surface area contributed by atoms with Crippen molar-refractivity contribution in [2.75, 3.05) is 6.54 Å². The quantitative estimate of drug-likeness (QED) is 0.785. The van der Waals surface area contributed by atoms with Crippen LogP contribution in [-0.4, -0.2) is 28.5 Å². The molecule has 1 unspecified atom stereocenters. The molecule has 1 rings (SSSR count). The van der Waals surface area contributed by atoms with Gasteiger partial charge in [-0.2, -0.15) is 0 Å². The molecule has 5 nitrogen and oxygen atoms in total. The number of carboxylic acid groups (broad SMARTS) is 1. The number of nitrogens with one attached hydrogen (secondary N) is 1. The molecule has 1 atom stereocenters. The number of aliphatic carboxylic acids is 1. The maximum Gasteiger partial charge on any atom is 0.308 e. The highest BCUT2D eigenvalue weighted by Crippen LogP contribution is 2.12. The van der Waals surface area contributed by atoms with Gasteiger partial charge in [-0.05, 0) is 40.4 Å². The molecule has 0 bridgehead atoms. The molecule has 0 saturated carbocycles. The fraction of sp³-hybridized carbons (Fsp3) is 0.462. The van der Waals surface area contributed by atoms with E-state index in [4.69, 9.17) is 5.11 Å². The lowest BCUT2D eigenvalue weighted by atomic mass is 9.97. The third-order valence-electron chi connectivity index (χ3n) is 2.60. The van der Waals surface area contributed by atoms with Crippen LogP contribution in [0.2, 0.25) is 0 Å². The van der Waals surface area contributed by atoms with Gasteiger partial charge in [0.25, 0.3) is 5.91 Å². The van der Waals surface area contributed by atoms with Gasteiger partial charge in [-0.1, -0.05) is 13.8 Å². The summed E-state index contributed by atoms with van der Waals surface area (Å²) in [5.41, 5.74) is 0.454. The van der Waals surface area contributed by atoms with Crippen molar-refractivity contribution in [1.29, 1.82) is 0 Å². The number of pyridine rings is 1. The fourth-order valence-corrected chi connectivity index (χ4v) is 2.07. The average Bonchev–Trinajstić information content (AvgIpc) is 2.33. The zero-order valence-corrected chi connectivity index (χ0v) is 12.5. The Hall–Kier alpha value is -1.43. The van der Waals surface area contributed by atoms with Crippen molar-refractivity contribution >= 4 is 27.8 Å². The first-order valence-electron chi connectivity index (χ1n) is 6.02. The predicted octanol–water partition coefficient (Wildman–Crippen LogP) is 2.32. The van der Waals surface area contributed by atoms with Gasteiger partial charge in [-0.15, -0.1) is 0 Å². The first kappa shape index (κ1) is 15.6. The molecule has 19 heavy (non-hydrogen) atoms. The van der Waals surface area contributed by atoms with Crippen LogP contribution in [0.15, 0.2) is 22.9 Å². The van der Waals surface area contributed by atoms with Crippen molar-refractivity contribution in [3.8, 4) is 0 Å². The molecular formula is C13H17BrN2O3. The van der Waals surface area contributed by atoms with E-state index in [2.05, 4.69) is 26.2 Å². The molecule has 0 fully saturated rings. The molecule has 6 heteroatoms. The Morgan fingerprint density at radius 2 is 2.16 bits per heavy atom. The Morgan fingerprint density at radius 3 is 2.68 bits per heavy atom. The van der Waals surface area contributed by atoms with Gasteiger partial charge in [0.1, 0.15) is 4.60 Å². The van der Waals surface area contributed by atoms with E-state index in [0.29, 0.717) is 16.6 Å². The van der Waals surface area contributed by atoms with Gasteiger partial charge in [0.2, 0.25) is 0 Å². The van der Waals surface area contributed by atoms with Crippen LogP contribution in [0, 0.1) is 11.8 Å². The Kier molecular flexibility index (Phi) is 5.95. The monoisotopic (exact) mass is 328 g/mol. The average molecular weight is 329 g/mol. The second kappa shape index (κ2) is 7.23. The molecule has 0 aliphatic rings. The number of carbonyl (C=O) groups is 2. The Morgan fingerprint density at radius 1 is 1.47 bits per heavy atom. The molecule has 0 saturated heterocycles. The van der Waals surface area contributed by atoms with E-state index in [-0.39, 0.29) is 18.4 Å². The molecule has 0 aromatic carbocycles. The molecular weight excluding hydrogens is 312 g/mol. The van der Waals surface area contributed by atoms with E-state index in [9.17, 15) is 9.59 Å². The maximum atomic E-state index is 11.9. The molecule has 1 aromatic rings. The first-order chi connectivity index (χ1) is 8.90. The van der Waals surface area contributed by atoms with E-state index < -0.39 is 11.9 Å². The molecule has 0 radical (unpaired) electrons. The number of nitrogens with zero attached hydrogens (tertiary/aromatic N) is 1. The summed E-state index contributed by atoms with van der Waals surface area (Å²) in [6.07, 6.45) is 2.05. The molecule has 1 heterocycles. The second-order valence-corrected chi connectivity index (χ2v) is 5.55. The SMILES string of the molecule is CC(C)CC(CNC(=O)c1ccnc(Br)c1)C(=O)O. The Balaban J connectivity index is 2.59. The summed E-state index contributed by atoms with van der Waals surface area (Å²) in [5, 5.41) is 11.7. The van der Waals surface area contributed by atoms with Crippen LogP contribution in [0.3, 0.4) is 0 Å². The van der Waals surface area contributed by atoms with Crippen LogP contribution in [0.1, 0.15) is 30.6 Å². The van der Waals surface area contributed by atoms with E-state index in [1.54, 1.807) is 12.1 Å². The second-order valence-electron chi connectivity index (χ2n) is 4.74. The van der Waals surface area contributed by atoms with Crippen LogP contribution < -0.4 is 5.32 Å². The van der Waals surface area contributed by atoms with Crippen LogP contribution in [0.5, 0.6) is 0 Å². The standard InChI is InChI=1S/C13H17BrN2O3/c1-8(2)5-10(13(18)19)7-16-12(17)9-3-4-15-11(14)6-9/h3-4,6,8,10H,5,7H2,1-2H3,(H,16,17)(H,18,19). The van der Waals surface area contributed by atoms with Crippen molar-refractivity contribution in [1.82, 2.24) is 10.3 Å². The van der Waals surface area contributed by atoms with Crippen LogP contribution in [0.25, 0.3) is 0 Å². The number of amides is 1. The van der Waals surface area contributed by atoms with Gasteiger partial charge in [-0.3, -0.25) is 9.59 Å². The minimum atomic E-state index is -0.884. The van der Waals surface area contributed by atoms with Crippen molar-refractivity contribution in [3.05, 3.63) is 28.5 Å². The first-order valence-corrected chi connectivity index (χ1v) is 6.82. The third kappa shape index (κ3) is 5.38. The summed E-state index contributed by atoms with van der Waals surface area (Å²) in [4.78, 5) is 26.9. The highest BCUT2D eigenvalue weighted by molar-refractivity contribution is 9.10. The number of hydrogen-bond donors (Lipinski definition) is 2. The molecule has 104 valence electrons. The zero-order valence-electron chi connectivity index (χ0n) is 10.9. The summed E-state index contributed by atoms with van der Waals surface area (Å²) in [6, 6.07) is 3.17. The lowest BCUT2D eigenvalue weighted by molar-refractivity contribution is -0.142. The van der Waals surface area contributed by atoms with Crippen molar-refractivity contribution < 1.29 is 14.7 Å². The minimum absolute atomic E-state index is 0.131. The summed E-state index contributed by atoms with van der Waals surface area (Å²) >= 11 is 3.18. The Bertz CT molecular complexity index is 463. The summed E-state index contributed by atoms with van der Waals surface area (Å²) in [7, 11) is 0. The minimum Gasteiger partial charge on any atom is -0.481 e. The van der Waals surface area contributed by atoms with Gasteiger partial charge in [0, 0.05) is 18.3 Å². The number of hydrogen-bond acceptors (Lipinski definition) is 3. The molecule has 2 N–H and O–H groups in total. The molecule has 0 aliphatic carbocycles. The lowest BCUT2D eigenvalue weighted by Crippen LogP contribution is -2.33. The number of carbonyl (C=O) groups excluding carboxylic acids is 1. The summed E-state index contributed by atoms with van der Waals surface area (Å²) in [5.74, 6) is -1.47. The summed E-state index contributed by atoms with van der Waals surface area (Å²) in [6.45, 7) is 4.04. The van der Waals surface area contributed by atoms with Crippen molar-refractivity contribution in [3.63, 3.8) is 0 Å². The molecule has 0 aliphatic heterocycles. The molecule has 1 aromatic heterocycles. The largest absolute Gasteiger partial charge is 0.481 e. The van der Waals surface area contributed by atoms with Crippen molar-refractivity contribution in [2.45, 2.75) is 20.3 Å². The van der Waals surface area contributed by atoms with Gasteiger partial charge < -0.3 is 10.4 Å². The number of carboxylic acids is 1. The van der Waals surface area contributed by atoms with Gasteiger partial charge in [0.15, 0.2) is 0 Å². The van der Waals surface area contributed by atoms with E-state index in [1.165, 1.54) is 6.20 Å². The molecule has 1 amide bonds. The number of halogens is 1. The predicted molar refractivity (Wildman–Crippen MR) is 74.9 cm³/mol. The number of aromatic nitrogens is 1. The van der Waals surface area contributed by atoms with Gasteiger partial charge >= 0.3 is 5.97 Å². The topological polar surface area (TPSA) is 79.3 Å². The van der Waals surface area contributed by atoms with Gasteiger partial charge in [-0.25, -0.2) is 4.98 Å². The highest BCUT2D eigenvalue weighted by atomic mass is 79.9. The van der Waals surface area contributed by atoms with Crippen LogP contribution >= 0.6 is 15.9 Å².